The van der Waals surface area contributed by atoms with Crippen LogP contribution in [0.2, 0.25) is 0 Å². The molecule has 0 fully saturated rings. The van der Waals surface area contributed by atoms with Crippen molar-refractivity contribution in [1.82, 2.24) is 9.97 Å². The van der Waals surface area contributed by atoms with Crippen molar-refractivity contribution in [3.8, 4) is 17.5 Å². The fraction of sp³-hybridized carbons (Fsp3) is 0.0909. The maximum atomic E-state index is 10.9. The van der Waals surface area contributed by atoms with Crippen molar-refractivity contribution in [1.29, 1.82) is 5.26 Å². The quantitative estimate of drug-likeness (QED) is 0.842. The maximum Gasteiger partial charge on any atom is 0.239 e. The van der Waals surface area contributed by atoms with Crippen molar-refractivity contribution in [2.24, 2.45) is 0 Å². The van der Waals surface area contributed by atoms with E-state index in [4.69, 9.17) is 9.68 Å². The van der Waals surface area contributed by atoms with Crippen LogP contribution in [0.1, 0.15) is 12.6 Å². The van der Waals surface area contributed by atoms with E-state index < -0.39 is 0 Å². The molecule has 17 heavy (non-hydrogen) atoms. The van der Waals surface area contributed by atoms with Crippen LogP contribution in [0.15, 0.2) is 28.9 Å². The lowest BCUT2D eigenvalue weighted by atomic mass is 10.3. The summed E-state index contributed by atoms with van der Waals surface area (Å²) in [5.74, 6) is 0.0124. The second-order valence-corrected chi connectivity index (χ2v) is 3.23. The van der Waals surface area contributed by atoms with E-state index in [1.807, 2.05) is 6.07 Å². The van der Waals surface area contributed by atoms with Gasteiger partial charge >= 0.3 is 0 Å². The minimum Gasteiger partial charge on any atom is -0.419 e. The zero-order valence-corrected chi connectivity index (χ0v) is 8.97. The van der Waals surface area contributed by atoms with Crippen LogP contribution in [-0.4, -0.2) is 15.9 Å². The van der Waals surface area contributed by atoms with E-state index >= 15 is 0 Å². The molecule has 0 saturated heterocycles. The third-order valence-corrected chi connectivity index (χ3v) is 1.95. The highest BCUT2D eigenvalue weighted by atomic mass is 16.4. The van der Waals surface area contributed by atoms with E-state index in [0.717, 1.165) is 0 Å². The number of nitrogens with zero attached hydrogens (tertiary/aromatic N) is 3. The van der Waals surface area contributed by atoms with Crippen LogP contribution in [0.25, 0.3) is 11.5 Å². The number of amides is 1. The van der Waals surface area contributed by atoms with Gasteiger partial charge in [-0.05, 0) is 12.1 Å². The van der Waals surface area contributed by atoms with Crippen molar-refractivity contribution in [3.05, 3.63) is 30.2 Å². The first-order chi connectivity index (χ1) is 8.20. The molecule has 0 aliphatic rings. The van der Waals surface area contributed by atoms with E-state index in [1.54, 1.807) is 24.5 Å². The minimum atomic E-state index is -0.320. The van der Waals surface area contributed by atoms with Gasteiger partial charge in [-0.2, -0.15) is 10.2 Å². The molecule has 0 aliphatic heterocycles. The van der Waals surface area contributed by atoms with E-state index in [-0.39, 0.29) is 23.4 Å². The summed E-state index contributed by atoms with van der Waals surface area (Å²) in [5, 5.41) is 11.3. The monoisotopic (exact) mass is 228 g/mol. The first-order valence-corrected chi connectivity index (χ1v) is 4.79. The average Bonchev–Trinajstić information content (AvgIpc) is 2.72. The normalized spacial score (nSPS) is 9.65. The third kappa shape index (κ3) is 2.29. The molecule has 0 atom stereocenters. The second kappa shape index (κ2) is 4.45. The molecule has 0 radical (unpaired) electrons. The Balaban J connectivity index is 2.42. The highest BCUT2D eigenvalue weighted by Gasteiger charge is 2.14. The van der Waals surface area contributed by atoms with E-state index in [9.17, 15) is 4.79 Å². The largest absolute Gasteiger partial charge is 0.419 e. The lowest BCUT2D eigenvalue weighted by Gasteiger charge is -1.95. The van der Waals surface area contributed by atoms with Crippen molar-refractivity contribution >= 4 is 11.8 Å². The number of carbonyl (C=O) groups is 1. The molecule has 0 aliphatic carbocycles. The Labute approximate surface area is 96.9 Å². The SMILES string of the molecule is CC(=O)Nc1oc(-c2ccncc2)nc1C#N. The van der Waals surface area contributed by atoms with Gasteiger partial charge in [0.2, 0.25) is 23.4 Å². The van der Waals surface area contributed by atoms with Crippen molar-refractivity contribution in [2.45, 2.75) is 6.92 Å². The summed E-state index contributed by atoms with van der Waals surface area (Å²) < 4.78 is 5.31. The molecule has 0 spiro atoms. The number of pyridine rings is 1. The summed E-state index contributed by atoms with van der Waals surface area (Å²) in [6.45, 7) is 1.33. The Kier molecular flexibility index (Phi) is 2.83. The molecule has 6 nitrogen and oxygen atoms in total. The summed E-state index contributed by atoms with van der Waals surface area (Å²) in [4.78, 5) is 18.8. The fourth-order valence-electron chi connectivity index (χ4n) is 1.26. The standard InChI is InChI=1S/C11H8N4O2/c1-7(16)14-11-9(6-12)15-10(17-11)8-2-4-13-5-3-8/h2-5H,1H3,(H,14,16). The van der Waals surface area contributed by atoms with Crippen LogP contribution < -0.4 is 5.32 Å². The second-order valence-electron chi connectivity index (χ2n) is 3.23. The van der Waals surface area contributed by atoms with Gasteiger partial charge in [0.25, 0.3) is 0 Å². The number of nitrogens with one attached hydrogen (secondary N) is 1. The molecular formula is C11H8N4O2. The number of nitriles is 1. The number of rotatable bonds is 2. The summed E-state index contributed by atoms with van der Waals surface area (Å²) >= 11 is 0. The Bertz CT molecular complexity index is 583. The fourth-order valence-corrected chi connectivity index (χ4v) is 1.26. The Morgan fingerprint density at radius 1 is 1.47 bits per heavy atom. The molecule has 1 N–H and O–H groups in total. The molecule has 0 saturated carbocycles. The zero-order chi connectivity index (χ0) is 12.3. The number of carbonyl (C=O) groups excluding carboxylic acids is 1. The molecule has 0 aromatic carbocycles. The van der Waals surface area contributed by atoms with E-state index in [0.29, 0.717) is 5.56 Å². The highest BCUT2D eigenvalue weighted by Crippen LogP contribution is 2.24. The Morgan fingerprint density at radius 3 is 2.76 bits per heavy atom. The summed E-state index contributed by atoms with van der Waals surface area (Å²) in [6, 6.07) is 5.25. The summed E-state index contributed by atoms with van der Waals surface area (Å²) in [6.07, 6.45) is 3.17. The summed E-state index contributed by atoms with van der Waals surface area (Å²) in [5.41, 5.74) is 0.736. The molecule has 0 bridgehead atoms. The summed E-state index contributed by atoms with van der Waals surface area (Å²) in [7, 11) is 0. The van der Waals surface area contributed by atoms with Crippen LogP contribution >= 0.6 is 0 Å². The van der Waals surface area contributed by atoms with Gasteiger partial charge in [-0.1, -0.05) is 0 Å². The van der Waals surface area contributed by atoms with Crippen LogP contribution in [0, 0.1) is 11.3 Å². The topological polar surface area (TPSA) is 91.8 Å². The Hall–Kier alpha value is -2.68. The van der Waals surface area contributed by atoms with Crippen LogP contribution in [0.4, 0.5) is 5.88 Å². The lowest BCUT2D eigenvalue weighted by Crippen LogP contribution is -2.05. The van der Waals surface area contributed by atoms with Gasteiger partial charge in [-0.15, -0.1) is 0 Å². The molecular weight excluding hydrogens is 220 g/mol. The average molecular weight is 228 g/mol. The van der Waals surface area contributed by atoms with Gasteiger partial charge < -0.3 is 4.42 Å². The molecule has 2 aromatic heterocycles. The van der Waals surface area contributed by atoms with Gasteiger partial charge in [0.1, 0.15) is 6.07 Å². The molecule has 84 valence electrons. The van der Waals surface area contributed by atoms with E-state index in [1.165, 1.54) is 6.92 Å². The number of hydrogen-bond acceptors (Lipinski definition) is 5. The first kappa shape index (κ1) is 10.8. The van der Waals surface area contributed by atoms with Gasteiger partial charge in [0.05, 0.1) is 0 Å². The Morgan fingerprint density at radius 2 is 2.18 bits per heavy atom. The highest BCUT2D eigenvalue weighted by molar-refractivity contribution is 5.88. The minimum absolute atomic E-state index is 0.0482. The van der Waals surface area contributed by atoms with Crippen molar-refractivity contribution in [3.63, 3.8) is 0 Å². The molecule has 2 rings (SSSR count). The van der Waals surface area contributed by atoms with Crippen LogP contribution in [0.3, 0.4) is 0 Å². The molecule has 1 amide bonds. The van der Waals surface area contributed by atoms with Crippen molar-refractivity contribution in [2.75, 3.05) is 5.32 Å². The van der Waals surface area contributed by atoms with Crippen LogP contribution in [-0.2, 0) is 4.79 Å². The first-order valence-electron chi connectivity index (χ1n) is 4.79. The van der Waals surface area contributed by atoms with Gasteiger partial charge in [-0.25, -0.2) is 0 Å². The van der Waals surface area contributed by atoms with Gasteiger partial charge in [-0.3, -0.25) is 15.1 Å². The molecule has 2 aromatic rings. The van der Waals surface area contributed by atoms with E-state index in [2.05, 4.69) is 15.3 Å². The predicted molar refractivity (Wildman–Crippen MR) is 58.8 cm³/mol. The smallest absolute Gasteiger partial charge is 0.239 e. The van der Waals surface area contributed by atoms with Gasteiger partial charge in [0, 0.05) is 24.9 Å². The number of hydrogen-bond donors (Lipinski definition) is 1. The number of anilines is 1. The third-order valence-electron chi connectivity index (χ3n) is 1.95. The predicted octanol–water partition coefficient (Wildman–Crippen LogP) is 1.57. The molecule has 0 unspecified atom stereocenters. The lowest BCUT2D eigenvalue weighted by molar-refractivity contribution is -0.114. The maximum absolute atomic E-state index is 10.9. The number of oxazole rings is 1. The molecule has 6 heteroatoms. The van der Waals surface area contributed by atoms with Gasteiger partial charge in [0.15, 0.2) is 0 Å². The number of aromatic nitrogens is 2. The van der Waals surface area contributed by atoms with Crippen molar-refractivity contribution < 1.29 is 9.21 Å². The van der Waals surface area contributed by atoms with Crippen LogP contribution in [0.5, 0.6) is 0 Å². The molecule has 2 heterocycles. The zero-order valence-electron chi connectivity index (χ0n) is 8.97.